The van der Waals surface area contributed by atoms with Crippen molar-refractivity contribution in [3.05, 3.63) is 326 Å². The predicted molar refractivity (Wildman–Crippen MR) is 420 cm³/mol. The Bertz CT molecular complexity index is 6640. The Morgan fingerprint density at radius 3 is 0.867 bits per heavy atom. The normalized spacial score (nSPS) is 12.6. The van der Waals surface area contributed by atoms with Crippen LogP contribution < -0.4 is 0 Å². The minimum absolute atomic E-state index is 0.105. The van der Waals surface area contributed by atoms with Gasteiger partial charge in [0.2, 0.25) is 0 Å². The maximum atomic E-state index is 2.56. The summed E-state index contributed by atoms with van der Waals surface area (Å²) >= 11 is 0. The molecule has 0 aliphatic heterocycles. The molecule has 2 heteroatoms. The van der Waals surface area contributed by atoms with Gasteiger partial charge in [0, 0.05) is 43.1 Å². The summed E-state index contributed by atoms with van der Waals surface area (Å²) in [5, 5.41) is 20.2. The number of nitrogens with zero attached hydrogens (tertiary/aromatic N) is 2. The van der Waals surface area contributed by atoms with Gasteiger partial charge in [0.25, 0.3) is 0 Å². The van der Waals surface area contributed by atoms with Crippen LogP contribution in [-0.4, -0.2) is 8.80 Å². The molecule has 4 heterocycles. The highest BCUT2D eigenvalue weighted by atomic mass is 14.9. The van der Waals surface area contributed by atoms with Gasteiger partial charge >= 0.3 is 0 Å². The Balaban J connectivity index is 0.626. The zero-order valence-corrected chi connectivity index (χ0v) is 55.5. The molecule has 20 aromatic rings. The number of hydrogen-bond donors (Lipinski definition) is 0. The standard InChI is InChI=1S/C96H68N2/c1-95(2,3)79-36-32-62(33-37-79)66-25-29-70-46-82-86-50-77(60-19-11-7-12-20-60)51-87-83-47-71-30-26-67(43-75(71)55-91(83)97(93(86)87)90(82)54-74(70)42-66)63-34-38-80(39-35-63)96(4,5)57-58-16-15-23-64(40-58)68-27-31-72-48-84-88-52-78(61-21-13-8-14-22-61)49-85-81-45-69-28-24-65(59-17-9-6-10-18-59)41-73(69)53-89(81)98(94(85)88)92(84)56-76(72)44-68/h6-56H,57H2,1-5H3. The van der Waals surface area contributed by atoms with Crippen LogP contribution in [0.15, 0.2) is 309 Å². The second-order valence-corrected chi connectivity index (χ2v) is 29.5. The Labute approximate surface area is 569 Å². The fourth-order valence-electron chi connectivity index (χ4n) is 16.8. The van der Waals surface area contributed by atoms with Gasteiger partial charge in [-0.15, -0.1) is 0 Å². The molecule has 0 saturated carbocycles. The second-order valence-electron chi connectivity index (χ2n) is 29.5. The molecule has 4 aromatic heterocycles. The summed E-state index contributed by atoms with van der Waals surface area (Å²) in [5.41, 5.74) is 26.3. The molecular weight excluding hydrogens is 1180 g/mol. The molecule has 0 N–H and O–H groups in total. The average Bonchev–Trinajstić information content (AvgIpc) is 1.54. The van der Waals surface area contributed by atoms with Crippen molar-refractivity contribution < 1.29 is 0 Å². The van der Waals surface area contributed by atoms with Crippen molar-refractivity contribution in [3.8, 4) is 66.8 Å². The summed E-state index contributed by atoms with van der Waals surface area (Å²) in [5.74, 6) is 0. The zero-order chi connectivity index (χ0) is 65.3. The molecule has 0 spiro atoms. The van der Waals surface area contributed by atoms with Gasteiger partial charge in [0.15, 0.2) is 0 Å². The van der Waals surface area contributed by atoms with Crippen LogP contribution >= 0.6 is 0 Å². The molecule has 0 aliphatic carbocycles. The monoisotopic (exact) mass is 1250 g/mol. The molecule has 16 aromatic carbocycles. The van der Waals surface area contributed by atoms with Gasteiger partial charge < -0.3 is 8.80 Å². The lowest BCUT2D eigenvalue weighted by Crippen LogP contribution is -2.20. The van der Waals surface area contributed by atoms with Gasteiger partial charge in [-0.1, -0.05) is 247 Å². The largest absolute Gasteiger partial charge is 0.308 e. The van der Waals surface area contributed by atoms with Crippen molar-refractivity contribution in [3.63, 3.8) is 0 Å². The fourth-order valence-corrected chi connectivity index (χ4v) is 16.8. The predicted octanol–water partition coefficient (Wildman–Crippen LogP) is 26.4. The molecule has 98 heavy (non-hydrogen) atoms. The van der Waals surface area contributed by atoms with E-state index >= 15 is 0 Å². The highest BCUT2D eigenvalue weighted by Crippen LogP contribution is 2.48. The molecule has 0 saturated heterocycles. The molecule has 0 aliphatic rings. The summed E-state index contributed by atoms with van der Waals surface area (Å²) in [4.78, 5) is 0. The first-order valence-electron chi connectivity index (χ1n) is 34.6. The minimum Gasteiger partial charge on any atom is -0.308 e. The maximum absolute atomic E-state index is 2.56. The third kappa shape index (κ3) is 8.94. The lowest BCUT2D eigenvalue weighted by molar-refractivity contribution is 0.522. The number of aromatic nitrogens is 2. The molecule has 0 radical (unpaired) electrons. The van der Waals surface area contributed by atoms with Gasteiger partial charge in [0.05, 0.1) is 33.1 Å². The topological polar surface area (TPSA) is 8.82 Å². The first-order chi connectivity index (χ1) is 47.9. The average molecular weight is 1250 g/mol. The van der Waals surface area contributed by atoms with E-state index in [0.717, 1.165) is 6.42 Å². The number of fused-ring (bicyclic) bond motifs is 16. The van der Waals surface area contributed by atoms with Crippen LogP contribution in [0.5, 0.6) is 0 Å². The first kappa shape index (κ1) is 56.5. The first-order valence-corrected chi connectivity index (χ1v) is 34.6. The Morgan fingerprint density at radius 1 is 0.214 bits per heavy atom. The van der Waals surface area contributed by atoms with Crippen LogP contribution in [0.3, 0.4) is 0 Å². The van der Waals surface area contributed by atoms with E-state index in [0.29, 0.717) is 0 Å². The van der Waals surface area contributed by atoms with E-state index in [1.165, 1.54) is 203 Å². The van der Waals surface area contributed by atoms with Gasteiger partial charge in [-0.05, 0) is 241 Å². The smallest absolute Gasteiger partial charge is 0.0620 e. The molecule has 0 bridgehead atoms. The summed E-state index contributed by atoms with van der Waals surface area (Å²) in [6.07, 6.45) is 0.906. The van der Waals surface area contributed by atoms with E-state index in [1.807, 2.05) is 0 Å². The highest BCUT2D eigenvalue weighted by Gasteiger charge is 2.26. The van der Waals surface area contributed by atoms with E-state index in [2.05, 4.69) is 353 Å². The SMILES string of the molecule is CC(C)(C)c1ccc(-c2ccc3cc4c5cc(-c6ccccc6)cc6c7cc8ccc(-c9ccc(C(C)(C)Cc%10cccc(-c%11ccc%12cc%13c%14cc(-c%15ccccc%15)cc%15c%16cc%17ccc(-c%18ccccc%18)cc%17cc%16n(c%13cc%12c%11)c%15%14)c%10)cc9)cc8cc7n(c4cc3c2)c56)cc1. The summed E-state index contributed by atoms with van der Waals surface area (Å²) < 4.78 is 5.11. The summed E-state index contributed by atoms with van der Waals surface area (Å²) in [6.45, 7) is 11.6. The molecule has 462 valence electrons. The van der Waals surface area contributed by atoms with Crippen molar-refractivity contribution >= 4 is 119 Å². The lowest BCUT2D eigenvalue weighted by Gasteiger charge is -2.26. The highest BCUT2D eigenvalue weighted by molar-refractivity contribution is 6.29. The van der Waals surface area contributed by atoms with E-state index in [4.69, 9.17) is 0 Å². The third-order valence-electron chi connectivity index (χ3n) is 21.9. The quantitative estimate of drug-likeness (QED) is 0.136. The van der Waals surface area contributed by atoms with Crippen LogP contribution in [0.4, 0.5) is 0 Å². The van der Waals surface area contributed by atoms with Crippen LogP contribution in [0, 0.1) is 0 Å². The number of benzene rings is 16. The number of hydrogen-bond acceptors (Lipinski definition) is 0. The summed E-state index contributed by atoms with van der Waals surface area (Å²) in [6, 6.07) is 117. The summed E-state index contributed by atoms with van der Waals surface area (Å²) in [7, 11) is 0. The number of rotatable bonds is 9. The zero-order valence-electron chi connectivity index (χ0n) is 55.5. The molecule has 0 atom stereocenters. The fraction of sp³-hybridized carbons (Fsp3) is 0.0833. The van der Waals surface area contributed by atoms with Crippen LogP contribution in [0.2, 0.25) is 0 Å². The Kier molecular flexibility index (Phi) is 12.2. The van der Waals surface area contributed by atoms with E-state index in [-0.39, 0.29) is 10.8 Å². The van der Waals surface area contributed by atoms with Crippen molar-refractivity contribution in [2.75, 3.05) is 0 Å². The van der Waals surface area contributed by atoms with E-state index in [1.54, 1.807) is 0 Å². The van der Waals surface area contributed by atoms with Gasteiger partial charge in [-0.3, -0.25) is 0 Å². The van der Waals surface area contributed by atoms with Crippen LogP contribution in [0.1, 0.15) is 51.3 Å². The second kappa shape index (κ2) is 21.1. The van der Waals surface area contributed by atoms with Crippen molar-refractivity contribution in [2.45, 2.75) is 51.9 Å². The molecule has 2 nitrogen and oxygen atoms in total. The molecule has 0 unspecified atom stereocenters. The molecule has 0 fully saturated rings. The van der Waals surface area contributed by atoms with Crippen LogP contribution in [-0.2, 0) is 17.3 Å². The van der Waals surface area contributed by atoms with Crippen LogP contribution in [0.25, 0.3) is 186 Å². The van der Waals surface area contributed by atoms with Crippen molar-refractivity contribution in [1.29, 1.82) is 0 Å². The third-order valence-corrected chi connectivity index (χ3v) is 21.9. The van der Waals surface area contributed by atoms with Gasteiger partial charge in [0.1, 0.15) is 0 Å². The maximum Gasteiger partial charge on any atom is 0.0620 e. The minimum atomic E-state index is -0.120. The van der Waals surface area contributed by atoms with E-state index in [9.17, 15) is 0 Å². The van der Waals surface area contributed by atoms with Gasteiger partial charge in [-0.2, -0.15) is 0 Å². The lowest BCUT2D eigenvalue weighted by atomic mass is 9.78. The van der Waals surface area contributed by atoms with Crippen molar-refractivity contribution in [2.24, 2.45) is 0 Å². The molecular formula is C96H68N2. The Hall–Kier alpha value is -11.8. The molecule has 0 amide bonds. The Morgan fingerprint density at radius 2 is 0.510 bits per heavy atom. The van der Waals surface area contributed by atoms with Crippen molar-refractivity contribution in [1.82, 2.24) is 8.80 Å². The van der Waals surface area contributed by atoms with Gasteiger partial charge in [-0.25, -0.2) is 0 Å². The van der Waals surface area contributed by atoms with E-state index < -0.39 is 0 Å². The molecule has 20 rings (SSSR count).